The summed E-state index contributed by atoms with van der Waals surface area (Å²) in [6, 6.07) is 46.3. The van der Waals surface area contributed by atoms with Crippen LogP contribution in [-0.4, -0.2) is 0 Å². The average molecular weight is 513 g/mol. The van der Waals surface area contributed by atoms with Gasteiger partial charge in [0.1, 0.15) is 23.0 Å². The van der Waals surface area contributed by atoms with E-state index in [9.17, 15) is 0 Å². The lowest BCUT2D eigenvalue weighted by atomic mass is 9.87. The van der Waals surface area contributed by atoms with Crippen molar-refractivity contribution in [1.29, 1.82) is 0 Å². The fraction of sp³-hybridized carbons (Fsp3) is 0. The van der Waals surface area contributed by atoms with Gasteiger partial charge in [0.15, 0.2) is 0 Å². The van der Waals surface area contributed by atoms with Crippen LogP contribution in [0.2, 0.25) is 0 Å². The lowest BCUT2D eigenvalue weighted by Gasteiger charge is -2.27. The van der Waals surface area contributed by atoms with E-state index < -0.39 is 0 Å². The molecule has 188 valence electrons. The average Bonchev–Trinajstić information content (AvgIpc) is 3.02. The Kier molecular flexibility index (Phi) is 5.17. The molecular weight excluding hydrogens is 488 g/mol. The van der Waals surface area contributed by atoms with E-state index in [1.807, 2.05) is 36.4 Å². The van der Waals surface area contributed by atoms with Crippen LogP contribution >= 0.6 is 0 Å². The van der Waals surface area contributed by atoms with Crippen LogP contribution in [-0.2, 0) is 0 Å². The second kappa shape index (κ2) is 9.14. The molecule has 40 heavy (non-hydrogen) atoms. The van der Waals surface area contributed by atoms with E-state index in [0.29, 0.717) is 0 Å². The van der Waals surface area contributed by atoms with Crippen molar-refractivity contribution in [3.63, 3.8) is 0 Å². The Labute approximate surface area is 232 Å². The van der Waals surface area contributed by atoms with E-state index in [1.165, 1.54) is 10.8 Å². The van der Waals surface area contributed by atoms with Crippen molar-refractivity contribution in [2.75, 3.05) is 0 Å². The van der Waals surface area contributed by atoms with E-state index in [2.05, 4.69) is 109 Å². The molecule has 2 nitrogen and oxygen atoms in total. The number of rotatable bonds is 2. The molecule has 0 spiro atoms. The third kappa shape index (κ3) is 3.81. The zero-order valence-electron chi connectivity index (χ0n) is 21.7. The first-order valence-corrected chi connectivity index (χ1v) is 13.5. The molecule has 0 aromatic heterocycles. The number of benzene rings is 6. The highest BCUT2D eigenvalue weighted by atomic mass is 16.5. The zero-order valence-corrected chi connectivity index (χ0v) is 21.7. The summed E-state index contributed by atoms with van der Waals surface area (Å²) in [6.45, 7) is 0. The molecule has 2 heteroatoms. The summed E-state index contributed by atoms with van der Waals surface area (Å²) < 4.78 is 13.2. The Bertz CT molecular complexity index is 1880. The summed E-state index contributed by atoms with van der Waals surface area (Å²) in [6.07, 6.45) is 4.37. The molecule has 0 N–H and O–H groups in total. The molecule has 0 saturated carbocycles. The fourth-order valence-electron chi connectivity index (χ4n) is 5.68. The maximum atomic E-state index is 6.59. The van der Waals surface area contributed by atoms with Gasteiger partial charge in [0.05, 0.1) is 0 Å². The minimum Gasteiger partial charge on any atom is -0.456 e. The van der Waals surface area contributed by atoms with Crippen LogP contribution in [0.25, 0.3) is 44.2 Å². The first kappa shape index (κ1) is 22.6. The number of fused-ring (bicyclic) bond motifs is 4. The maximum Gasteiger partial charge on any atom is 0.135 e. The van der Waals surface area contributed by atoms with Crippen molar-refractivity contribution >= 4 is 44.2 Å². The highest BCUT2D eigenvalue weighted by Crippen LogP contribution is 2.47. The smallest absolute Gasteiger partial charge is 0.135 e. The van der Waals surface area contributed by atoms with Gasteiger partial charge in [0.2, 0.25) is 0 Å². The Morgan fingerprint density at radius 1 is 0.350 bits per heavy atom. The largest absolute Gasteiger partial charge is 0.456 e. The van der Waals surface area contributed by atoms with Crippen LogP contribution in [0, 0.1) is 0 Å². The van der Waals surface area contributed by atoms with Gasteiger partial charge in [-0.25, -0.2) is 0 Å². The molecule has 2 aliphatic heterocycles. The van der Waals surface area contributed by atoms with Crippen LogP contribution in [0.1, 0.15) is 22.3 Å². The lowest BCUT2D eigenvalue weighted by molar-refractivity contribution is 0.508. The fourth-order valence-corrected chi connectivity index (χ4v) is 5.68. The van der Waals surface area contributed by atoms with Crippen molar-refractivity contribution in [3.05, 3.63) is 168 Å². The molecule has 8 rings (SSSR count). The summed E-state index contributed by atoms with van der Waals surface area (Å²) in [5.41, 5.74) is 6.43. The summed E-state index contributed by atoms with van der Waals surface area (Å²) in [4.78, 5) is 0. The standard InChI is InChI=1S/C38H24O2/c1-3-11-25(12-4-1)35-23-31(33-19-27-15-7-9-17-29(27)21-37(33)39-35)32-24-36(26-13-5-2-6-14-26)40-38-22-30-18-10-8-16-28(30)20-34(32)38/h1-24H/b32-31+. The van der Waals surface area contributed by atoms with E-state index in [0.717, 1.165) is 67.2 Å². The van der Waals surface area contributed by atoms with Crippen molar-refractivity contribution in [3.8, 4) is 11.5 Å². The number of ether oxygens (including phenoxy) is 2. The second-order valence-corrected chi connectivity index (χ2v) is 10.2. The molecule has 6 aromatic carbocycles. The Hall–Kier alpha value is -5.34. The highest BCUT2D eigenvalue weighted by molar-refractivity contribution is 6.10. The monoisotopic (exact) mass is 512 g/mol. The van der Waals surface area contributed by atoms with Gasteiger partial charge >= 0.3 is 0 Å². The van der Waals surface area contributed by atoms with Crippen molar-refractivity contribution in [1.82, 2.24) is 0 Å². The molecular formula is C38H24O2. The molecule has 0 unspecified atom stereocenters. The molecule has 6 aromatic rings. The van der Waals surface area contributed by atoms with Crippen LogP contribution in [0.5, 0.6) is 11.5 Å². The molecule has 2 heterocycles. The predicted octanol–water partition coefficient (Wildman–Crippen LogP) is 9.77. The zero-order chi connectivity index (χ0) is 26.5. The third-order valence-corrected chi connectivity index (χ3v) is 7.67. The minimum atomic E-state index is 0.828. The van der Waals surface area contributed by atoms with Gasteiger partial charge < -0.3 is 9.47 Å². The van der Waals surface area contributed by atoms with Crippen molar-refractivity contribution < 1.29 is 9.47 Å². The molecule has 0 atom stereocenters. The summed E-state index contributed by atoms with van der Waals surface area (Å²) >= 11 is 0. The van der Waals surface area contributed by atoms with E-state index >= 15 is 0 Å². The molecule has 0 amide bonds. The van der Waals surface area contributed by atoms with Crippen LogP contribution < -0.4 is 9.47 Å². The van der Waals surface area contributed by atoms with Gasteiger partial charge in [-0.05, 0) is 69.1 Å². The Morgan fingerprint density at radius 2 is 0.700 bits per heavy atom. The third-order valence-electron chi connectivity index (χ3n) is 7.67. The predicted molar refractivity (Wildman–Crippen MR) is 165 cm³/mol. The van der Waals surface area contributed by atoms with Crippen LogP contribution in [0.3, 0.4) is 0 Å². The van der Waals surface area contributed by atoms with Gasteiger partial charge in [-0.15, -0.1) is 0 Å². The number of allylic oxidation sites excluding steroid dienone is 4. The first-order chi connectivity index (χ1) is 19.8. The maximum absolute atomic E-state index is 6.59. The molecule has 0 fully saturated rings. The number of hydrogen-bond acceptors (Lipinski definition) is 2. The summed E-state index contributed by atoms with van der Waals surface area (Å²) in [5, 5.41) is 4.66. The van der Waals surface area contributed by atoms with E-state index in [1.54, 1.807) is 0 Å². The SMILES string of the molecule is C1=C(c2ccccc2)Oc2cc3ccccc3cc2/C1=C1\C=C(c2ccccc2)Oc2cc3ccccc3cc21. The molecule has 0 aliphatic carbocycles. The van der Waals surface area contributed by atoms with Gasteiger partial charge in [-0.1, -0.05) is 109 Å². The van der Waals surface area contributed by atoms with Crippen molar-refractivity contribution in [2.45, 2.75) is 0 Å². The number of hydrogen-bond donors (Lipinski definition) is 0. The normalized spacial score (nSPS) is 15.9. The highest BCUT2D eigenvalue weighted by Gasteiger charge is 2.26. The summed E-state index contributed by atoms with van der Waals surface area (Å²) in [5.74, 6) is 3.36. The summed E-state index contributed by atoms with van der Waals surface area (Å²) in [7, 11) is 0. The molecule has 0 radical (unpaired) electrons. The Morgan fingerprint density at radius 3 is 1.10 bits per heavy atom. The lowest BCUT2D eigenvalue weighted by Crippen LogP contribution is -2.08. The molecule has 0 bridgehead atoms. The van der Waals surface area contributed by atoms with Crippen LogP contribution in [0.15, 0.2) is 146 Å². The van der Waals surface area contributed by atoms with Gasteiger partial charge in [-0.3, -0.25) is 0 Å². The van der Waals surface area contributed by atoms with Crippen molar-refractivity contribution in [2.24, 2.45) is 0 Å². The van der Waals surface area contributed by atoms with Gasteiger partial charge in [0.25, 0.3) is 0 Å². The molecule has 2 aliphatic rings. The first-order valence-electron chi connectivity index (χ1n) is 13.5. The Balaban J connectivity index is 1.47. The van der Waals surface area contributed by atoms with Gasteiger partial charge in [0, 0.05) is 22.3 Å². The van der Waals surface area contributed by atoms with E-state index in [-0.39, 0.29) is 0 Å². The van der Waals surface area contributed by atoms with E-state index in [4.69, 9.17) is 9.47 Å². The van der Waals surface area contributed by atoms with Gasteiger partial charge in [-0.2, -0.15) is 0 Å². The minimum absolute atomic E-state index is 0.828. The quantitative estimate of drug-likeness (QED) is 0.230. The topological polar surface area (TPSA) is 18.5 Å². The van der Waals surface area contributed by atoms with Crippen LogP contribution in [0.4, 0.5) is 0 Å². The second-order valence-electron chi connectivity index (χ2n) is 10.2. The molecule has 0 saturated heterocycles.